The average Bonchev–Trinajstić information content (AvgIpc) is 2.44. The summed E-state index contributed by atoms with van der Waals surface area (Å²) in [5.74, 6) is 0.163. The molecule has 1 unspecified atom stereocenters. The van der Waals surface area contributed by atoms with Crippen LogP contribution in [-0.4, -0.2) is 29.9 Å². The molecule has 1 saturated heterocycles. The molecule has 1 atom stereocenters. The molecule has 0 bridgehead atoms. The van der Waals surface area contributed by atoms with E-state index in [1.807, 2.05) is 32.0 Å². The predicted molar refractivity (Wildman–Crippen MR) is 84.0 cm³/mol. The molecule has 21 heavy (non-hydrogen) atoms. The summed E-state index contributed by atoms with van der Waals surface area (Å²) in [6, 6.07) is 6.17. The number of benzene rings is 1. The molecule has 118 valence electrons. The first-order valence-electron chi connectivity index (χ1n) is 7.74. The largest absolute Gasteiger partial charge is 1.00 e. The molecule has 0 saturated carbocycles. The highest BCUT2D eigenvalue weighted by Gasteiger charge is 2.28. The van der Waals surface area contributed by atoms with Gasteiger partial charge in [0.2, 0.25) is 5.91 Å². The number of nitrogens with one attached hydrogen (secondary N) is 1. The number of halogens is 1. The molecule has 0 aliphatic carbocycles. The van der Waals surface area contributed by atoms with Gasteiger partial charge in [0.25, 0.3) is 0 Å². The number of hydrogen-bond acceptors (Lipinski definition) is 2. The lowest BCUT2D eigenvalue weighted by molar-refractivity contribution is -0.122. The summed E-state index contributed by atoms with van der Waals surface area (Å²) in [6.45, 7) is 8.35. The molecule has 1 amide bonds. The number of likely N-dealkylation sites (tertiary alicyclic amines) is 1. The Labute approximate surface area is 134 Å². The summed E-state index contributed by atoms with van der Waals surface area (Å²) in [6.07, 6.45) is 4.46. The zero-order chi connectivity index (χ0) is 14.5. The Bertz CT molecular complexity index is 454. The Morgan fingerprint density at radius 1 is 1.29 bits per heavy atom. The van der Waals surface area contributed by atoms with E-state index in [0.717, 1.165) is 49.2 Å². The first-order valence-corrected chi connectivity index (χ1v) is 7.74. The minimum absolute atomic E-state index is 0. The van der Waals surface area contributed by atoms with E-state index in [0.29, 0.717) is 0 Å². The van der Waals surface area contributed by atoms with E-state index in [9.17, 15) is 4.79 Å². The molecule has 1 aromatic rings. The second-order valence-corrected chi connectivity index (χ2v) is 5.80. The fourth-order valence-electron chi connectivity index (χ4n) is 3.06. The van der Waals surface area contributed by atoms with E-state index >= 15 is 0 Å². The van der Waals surface area contributed by atoms with E-state index in [-0.39, 0.29) is 24.4 Å². The highest BCUT2D eigenvalue weighted by atomic mass is 35.5. The minimum atomic E-state index is 0. The predicted octanol–water partition coefficient (Wildman–Crippen LogP) is 0.510. The number of nitrogens with zero attached hydrogens (tertiary/aromatic N) is 1. The molecule has 0 aromatic heterocycles. The standard InChI is InChI=1S/C17H26N2O.ClH/c1-4-11-19-12-6-5-10-15(19)17(20)18-16-13(2)8-7-9-14(16)3;/h7-9,15H,4-6,10-12H2,1-3H3,(H,18,20);1H/p-1. The van der Waals surface area contributed by atoms with Gasteiger partial charge < -0.3 is 17.7 Å². The van der Waals surface area contributed by atoms with Crippen LogP contribution in [-0.2, 0) is 4.79 Å². The molecular formula is C17H26ClN2O-. The lowest BCUT2D eigenvalue weighted by Gasteiger charge is -2.34. The van der Waals surface area contributed by atoms with E-state index < -0.39 is 0 Å². The molecule has 1 aromatic carbocycles. The van der Waals surface area contributed by atoms with Crippen LogP contribution >= 0.6 is 0 Å². The lowest BCUT2D eigenvalue weighted by atomic mass is 10.0. The van der Waals surface area contributed by atoms with Crippen LogP contribution in [0.1, 0.15) is 43.7 Å². The second-order valence-electron chi connectivity index (χ2n) is 5.80. The number of rotatable bonds is 4. The van der Waals surface area contributed by atoms with Crippen LogP contribution in [0.4, 0.5) is 5.69 Å². The minimum Gasteiger partial charge on any atom is -1.00 e. The van der Waals surface area contributed by atoms with E-state index in [1.165, 1.54) is 6.42 Å². The molecule has 3 nitrogen and oxygen atoms in total. The van der Waals surface area contributed by atoms with Gasteiger partial charge in [0.15, 0.2) is 0 Å². The van der Waals surface area contributed by atoms with Crippen molar-refractivity contribution in [3.8, 4) is 0 Å². The van der Waals surface area contributed by atoms with E-state index in [2.05, 4.69) is 17.1 Å². The van der Waals surface area contributed by atoms with Crippen LogP contribution in [0.2, 0.25) is 0 Å². The number of carbonyl (C=O) groups excluding carboxylic acids is 1. The van der Waals surface area contributed by atoms with Crippen LogP contribution in [0.15, 0.2) is 18.2 Å². The molecule has 1 fully saturated rings. The molecule has 2 rings (SSSR count). The summed E-state index contributed by atoms with van der Waals surface area (Å²) in [4.78, 5) is 14.9. The summed E-state index contributed by atoms with van der Waals surface area (Å²) < 4.78 is 0. The average molecular weight is 310 g/mol. The molecule has 1 aliphatic rings. The zero-order valence-corrected chi connectivity index (χ0v) is 14.0. The van der Waals surface area contributed by atoms with Gasteiger partial charge in [0.1, 0.15) is 0 Å². The van der Waals surface area contributed by atoms with Crippen molar-refractivity contribution in [3.63, 3.8) is 0 Å². The Balaban J connectivity index is 0.00000220. The van der Waals surface area contributed by atoms with Crippen molar-refractivity contribution in [1.82, 2.24) is 4.90 Å². The first-order chi connectivity index (χ1) is 9.63. The smallest absolute Gasteiger partial charge is 0.241 e. The normalized spacial score (nSPS) is 18.9. The lowest BCUT2D eigenvalue weighted by Crippen LogP contribution is -3.00. The van der Waals surface area contributed by atoms with Crippen molar-refractivity contribution >= 4 is 11.6 Å². The highest BCUT2D eigenvalue weighted by molar-refractivity contribution is 5.96. The van der Waals surface area contributed by atoms with Gasteiger partial charge in [-0.1, -0.05) is 31.5 Å². The van der Waals surface area contributed by atoms with Crippen LogP contribution in [0.25, 0.3) is 0 Å². The van der Waals surface area contributed by atoms with Crippen molar-refractivity contribution in [3.05, 3.63) is 29.3 Å². The number of piperidine rings is 1. The molecule has 4 heteroatoms. The summed E-state index contributed by atoms with van der Waals surface area (Å²) in [7, 11) is 0. The third-order valence-electron chi connectivity index (χ3n) is 4.16. The van der Waals surface area contributed by atoms with E-state index in [4.69, 9.17) is 0 Å². The van der Waals surface area contributed by atoms with Crippen molar-refractivity contribution in [2.24, 2.45) is 0 Å². The maximum absolute atomic E-state index is 12.6. The van der Waals surface area contributed by atoms with Gasteiger partial charge in [-0.25, -0.2) is 0 Å². The van der Waals surface area contributed by atoms with Crippen LogP contribution in [0.5, 0.6) is 0 Å². The number of para-hydroxylation sites is 1. The zero-order valence-electron chi connectivity index (χ0n) is 13.3. The fourth-order valence-corrected chi connectivity index (χ4v) is 3.06. The van der Waals surface area contributed by atoms with Crippen molar-refractivity contribution in [2.45, 2.75) is 52.5 Å². The Hall–Kier alpha value is -1.06. The monoisotopic (exact) mass is 309 g/mol. The maximum atomic E-state index is 12.6. The maximum Gasteiger partial charge on any atom is 0.241 e. The van der Waals surface area contributed by atoms with Crippen LogP contribution in [0, 0.1) is 13.8 Å². The first kappa shape index (κ1) is 18.0. The van der Waals surface area contributed by atoms with E-state index in [1.54, 1.807) is 0 Å². The number of amides is 1. The third kappa shape index (κ3) is 4.45. The fraction of sp³-hybridized carbons (Fsp3) is 0.588. The summed E-state index contributed by atoms with van der Waals surface area (Å²) in [5.41, 5.74) is 3.26. The van der Waals surface area contributed by atoms with Gasteiger partial charge in [-0.15, -0.1) is 0 Å². The topological polar surface area (TPSA) is 32.3 Å². The quantitative estimate of drug-likeness (QED) is 0.879. The SMILES string of the molecule is CCCN1CCCCC1C(=O)Nc1c(C)cccc1C.[Cl-]. The van der Waals surface area contributed by atoms with Gasteiger partial charge in [0, 0.05) is 5.69 Å². The van der Waals surface area contributed by atoms with Crippen molar-refractivity contribution < 1.29 is 17.2 Å². The van der Waals surface area contributed by atoms with Crippen molar-refractivity contribution in [2.75, 3.05) is 18.4 Å². The van der Waals surface area contributed by atoms with Crippen LogP contribution < -0.4 is 17.7 Å². The van der Waals surface area contributed by atoms with Crippen molar-refractivity contribution in [1.29, 1.82) is 0 Å². The highest BCUT2D eigenvalue weighted by Crippen LogP contribution is 2.23. The number of hydrogen-bond donors (Lipinski definition) is 1. The summed E-state index contributed by atoms with van der Waals surface area (Å²) in [5, 5.41) is 3.16. The molecule has 0 spiro atoms. The van der Waals surface area contributed by atoms with Gasteiger partial charge in [-0.3, -0.25) is 9.69 Å². The van der Waals surface area contributed by atoms with Gasteiger partial charge in [-0.2, -0.15) is 0 Å². The Kier molecular flexibility index (Phi) is 7.20. The number of aryl methyl sites for hydroxylation is 2. The number of anilines is 1. The Morgan fingerprint density at radius 2 is 1.95 bits per heavy atom. The van der Waals surface area contributed by atoms with Gasteiger partial charge in [-0.05, 0) is 57.3 Å². The molecule has 1 aliphatic heterocycles. The molecule has 1 N–H and O–H groups in total. The Morgan fingerprint density at radius 3 is 2.57 bits per heavy atom. The van der Waals surface area contributed by atoms with Crippen LogP contribution in [0.3, 0.4) is 0 Å². The number of carbonyl (C=O) groups is 1. The third-order valence-corrected chi connectivity index (χ3v) is 4.16. The summed E-state index contributed by atoms with van der Waals surface area (Å²) >= 11 is 0. The van der Waals surface area contributed by atoms with Gasteiger partial charge in [0.05, 0.1) is 6.04 Å². The second kappa shape index (κ2) is 8.40. The van der Waals surface area contributed by atoms with Gasteiger partial charge >= 0.3 is 0 Å². The molecule has 0 radical (unpaired) electrons. The molecule has 1 heterocycles. The molecular weight excluding hydrogens is 284 g/mol.